The lowest BCUT2D eigenvalue weighted by Gasteiger charge is -2.22. The summed E-state index contributed by atoms with van der Waals surface area (Å²) in [4.78, 5) is 10.5. The van der Waals surface area contributed by atoms with Gasteiger partial charge in [-0.2, -0.15) is 0 Å². The van der Waals surface area contributed by atoms with Crippen LogP contribution in [-0.2, 0) is 14.3 Å². The van der Waals surface area contributed by atoms with Crippen LogP contribution in [-0.4, -0.2) is 31.5 Å². The third kappa shape index (κ3) is 2.20. The Morgan fingerprint density at radius 2 is 2.13 bits per heavy atom. The van der Waals surface area contributed by atoms with Crippen LogP contribution in [0.3, 0.4) is 0 Å². The normalized spacial score (nSPS) is 37.2. The summed E-state index contributed by atoms with van der Waals surface area (Å²) in [5.41, 5.74) is 0. The molecule has 2 rings (SSSR count). The van der Waals surface area contributed by atoms with Crippen LogP contribution < -0.4 is 0 Å². The molecule has 1 saturated carbocycles. The number of carbonyl (C=O) groups is 1. The number of esters is 1. The second-order valence-electron chi connectivity index (χ2n) is 4.07. The van der Waals surface area contributed by atoms with Crippen LogP contribution in [0.4, 0.5) is 4.39 Å². The first kappa shape index (κ1) is 10.6. The second-order valence-corrected chi connectivity index (χ2v) is 4.07. The number of allylic oxidation sites excluding steroid dienone is 1. The van der Waals surface area contributed by atoms with Gasteiger partial charge in [0.2, 0.25) is 0 Å². The van der Waals surface area contributed by atoms with Gasteiger partial charge in [-0.05, 0) is 6.42 Å². The Balaban J connectivity index is 1.72. The van der Waals surface area contributed by atoms with Crippen molar-refractivity contribution in [3.8, 4) is 0 Å². The van der Waals surface area contributed by atoms with Crippen LogP contribution in [0.2, 0.25) is 0 Å². The van der Waals surface area contributed by atoms with Gasteiger partial charge in [-0.1, -0.05) is 12.2 Å². The maximum atomic E-state index is 13.6. The van der Waals surface area contributed by atoms with Crippen molar-refractivity contribution in [1.29, 1.82) is 0 Å². The Morgan fingerprint density at radius 1 is 1.40 bits per heavy atom. The van der Waals surface area contributed by atoms with Crippen molar-refractivity contribution in [1.82, 2.24) is 0 Å². The molecule has 0 aromatic carbocycles. The van der Waals surface area contributed by atoms with Crippen LogP contribution in [0.15, 0.2) is 12.2 Å². The van der Waals surface area contributed by atoms with Crippen LogP contribution in [0, 0.1) is 11.8 Å². The topological polar surface area (TPSA) is 35.5 Å². The molecule has 4 atom stereocenters. The van der Waals surface area contributed by atoms with Crippen molar-refractivity contribution >= 4 is 5.97 Å². The van der Waals surface area contributed by atoms with Gasteiger partial charge in [0.1, 0.15) is 12.8 Å². The van der Waals surface area contributed by atoms with Gasteiger partial charge in [-0.25, -0.2) is 4.39 Å². The lowest BCUT2D eigenvalue weighted by molar-refractivity contribution is -0.143. The largest absolute Gasteiger partial charge is 0.463 e. The summed E-state index contributed by atoms with van der Waals surface area (Å²) in [6.07, 6.45) is 3.59. The predicted octanol–water partition coefficient (Wildman–Crippen LogP) is 1.48. The predicted molar refractivity (Wildman–Crippen MR) is 52.0 cm³/mol. The number of alkyl halides is 1. The maximum Gasteiger partial charge on any atom is 0.302 e. The molecule has 0 heterocycles. The molecule has 4 heteroatoms. The molecule has 1 fully saturated rings. The Kier molecular flexibility index (Phi) is 3.05. The van der Waals surface area contributed by atoms with E-state index in [2.05, 4.69) is 0 Å². The van der Waals surface area contributed by atoms with Crippen molar-refractivity contribution in [2.75, 3.05) is 13.2 Å². The summed E-state index contributed by atoms with van der Waals surface area (Å²) in [5.74, 6) is -0.0840. The Labute approximate surface area is 88.2 Å². The minimum absolute atomic E-state index is 0.0359. The summed E-state index contributed by atoms with van der Waals surface area (Å²) in [7, 11) is 0. The lowest BCUT2D eigenvalue weighted by Crippen LogP contribution is -2.30. The Bertz CT molecular complexity index is 277. The van der Waals surface area contributed by atoms with Crippen molar-refractivity contribution in [3.05, 3.63) is 12.2 Å². The first-order valence-corrected chi connectivity index (χ1v) is 5.26. The first-order valence-electron chi connectivity index (χ1n) is 5.26. The summed E-state index contributed by atoms with van der Waals surface area (Å²) < 4.78 is 23.7. The Morgan fingerprint density at radius 3 is 2.73 bits per heavy atom. The molecule has 0 radical (unpaired) electrons. The van der Waals surface area contributed by atoms with Crippen molar-refractivity contribution in [3.63, 3.8) is 0 Å². The summed E-state index contributed by atoms with van der Waals surface area (Å²) in [5, 5.41) is 0. The molecule has 0 spiro atoms. The van der Waals surface area contributed by atoms with E-state index in [1.165, 1.54) is 6.92 Å². The van der Waals surface area contributed by atoms with Crippen LogP contribution >= 0.6 is 0 Å². The zero-order valence-corrected chi connectivity index (χ0v) is 8.69. The average Bonchev–Trinajstić information content (AvgIpc) is 2.74. The average molecular weight is 214 g/mol. The minimum atomic E-state index is -0.891. The fraction of sp³-hybridized carbons (Fsp3) is 0.727. The zero-order valence-electron chi connectivity index (χ0n) is 8.69. The molecule has 0 aliphatic heterocycles. The summed E-state index contributed by atoms with van der Waals surface area (Å²) in [6.45, 7) is 1.83. The molecule has 3 nitrogen and oxygen atoms in total. The summed E-state index contributed by atoms with van der Waals surface area (Å²) in [6, 6.07) is 0. The van der Waals surface area contributed by atoms with E-state index in [1.54, 1.807) is 0 Å². The monoisotopic (exact) mass is 214 g/mol. The van der Waals surface area contributed by atoms with E-state index in [9.17, 15) is 9.18 Å². The van der Waals surface area contributed by atoms with Gasteiger partial charge in [-0.15, -0.1) is 0 Å². The molecule has 2 bridgehead atoms. The molecule has 0 aromatic heterocycles. The van der Waals surface area contributed by atoms with Crippen LogP contribution in [0.5, 0.6) is 0 Å². The quantitative estimate of drug-likeness (QED) is 0.404. The van der Waals surface area contributed by atoms with Gasteiger partial charge in [-0.3, -0.25) is 4.79 Å². The van der Waals surface area contributed by atoms with Crippen LogP contribution in [0.1, 0.15) is 13.3 Å². The van der Waals surface area contributed by atoms with E-state index >= 15 is 0 Å². The van der Waals surface area contributed by atoms with E-state index in [0.717, 1.165) is 6.42 Å². The Hall–Kier alpha value is -0.900. The van der Waals surface area contributed by atoms with Gasteiger partial charge in [0.25, 0.3) is 0 Å². The summed E-state index contributed by atoms with van der Waals surface area (Å²) >= 11 is 0. The fourth-order valence-electron chi connectivity index (χ4n) is 2.30. The van der Waals surface area contributed by atoms with E-state index in [0.29, 0.717) is 0 Å². The molecule has 0 N–H and O–H groups in total. The number of rotatable bonds is 4. The maximum absolute atomic E-state index is 13.6. The number of ether oxygens (including phenoxy) is 2. The highest BCUT2D eigenvalue weighted by Gasteiger charge is 2.45. The number of hydrogen-bond donors (Lipinski definition) is 0. The van der Waals surface area contributed by atoms with Crippen molar-refractivity contribution in [2.45, 2.75) is 25.6 Å². The number of halogens is 1. The highest BCUT2D eigenvalue weighted by Crippen LogP contribution is 2.42. The number of hydrogen-bond acceptors (Lipinski definition) is 3. The van der Waals surface area contributed by atoms with Gasteiger partial charge in [0.05, 0.1) is 12.7 Å². The van der Waals surface area contributed by atoms with E-state index in [1.807, 2.05) is 12.2 Å². The lowest BCUT2D eigenvalue weighted by atomic mass is 10.0. The standard InChI is InChI=1S/C11H15FO3/c1-7(13)14-4-5-15-11-9-3-2-8(6-9)10(11)12/h2-3,8-11H,4-6H2,1H3. The van der Waals surface area contributed by atoms with Crippen molar-refractivity contribution < 1.29 is 18.7 Å². The van der Waals surface area contributed by atoms with Gasteiger partial charge < -0.3 is 9.47 Å². The molecule has 2 aliphatic rings. The highest BCUT2D eigenvalue weighted by molar-refractivity contribution is 5.65. The highest BCUT2D eigenvalue weighted by atomic mass is 19.1. The first-order chi connectivity index (χ1) is 7.18. The molecule has 0 saturated heterocycles. The van der Waals surface area contributed by atoms with Gasteiger partial charge >= 0.3 is 5.97 Å². The SMILES string of the molecule is CC(=O)OCCOC1C2C=CC(C2)C1F. The smallest absolute Gasteiger partial charge is 0.302 e. The number of fused-ring (bicyclic) bond motifs is 2. The third-order valence-corrected chi connectivity index (χ3v) is 2.99. The molecule has 0 amide bonds. The molecule has 84 valence electrons. The van der Waals surface area contributed by atoms with Gasteiger partial charge in [0.15, 0.2) is 0 Å². The third-order valence-electron chi connectivity index (χ3n) is 2.99. The molecule has 0 aromatic rings. The molecule has 2 aliphatic carbocycles. The number of carbonyl (C=O) groups excluding carboxylic acids is 1. The van der Waals surface area contributed by atoms with Gasteiger partial charge in [0, 0.05) is 18.8 Å². The molecular weight excluding hydrogens is 199 g/mol. The van der Waals surface area contributed by atoms with E-state index < -0.39 is 6.17 Å². The van der Waals surface area contributed by atoms with E-state index in [-0.39, 0.29) is 37.1 Å². The molecule has 15 heavy (non-hydrogen) atoms. The fourth-order valence-corrected chi connectivity index (χ4v) is 2.30. The van der Waals surface area contributed by atoms with E-state index in [4.69, 9.17) is 9.47 Å². The van der Waals surface area contributed by atoms with Crippen LogP contribution in [0.25, 0.3) is 0 Å². The zero-order chi connectivity index (χ0) is 10.8. The minimum Gasteiger partial charge on any atom is -0.463 e. The van der Waals surface area contributed by atoms with Crippen molar-refractivity contribution in [2.24, 2.45) is 11.8 Å². The molecular formula is C11H15FO3. The second kappa shape index (κ2) is 4.31. The molecule has 4 unspecified atom stereocenters.